The molecule has 5 nitrogen and oxygen atoms in total. The van der Waals surface area contributed by atoms with Gasteiger partial charge < -0.3 is 4.74 Å². The average molecular weight is 314 g/mol. The first-order valence-corrected chi connectivity index (χ1v) is 6.95. The SMILES string of the molecule is CC1(c2ccccc2)OC(NOC#N)=Nc2ccc(Cl)cc21. The fourth-order valence-electron chi connectivity index (χ4n) is 2.45. The number of hydroxylamine groups is 1. The Hall–Kier alpha value is -2.71. The van der Waals surface area contributed by atoms with Crippen molar-refractivity contribution in [2.24, 2.45) is 4.99 Å². The minimum absolute atomic E-state index is 0.114. The van der Waals surface area contributed by atoms with E-state index in [1.807, 2.05) is 43.3 Å². The van der Waals surface area contributed by atoms with Crippen LogP contribution in [0.25, 0.3) is 0 Å². The van der Waals surface area contributed by atoms with Gasteiger partial charge in [-0.25, -0.2) is 0 Å². The quantitative estimate of drug-likeness (QED) is 0.679. The largest absolute Gasteiger partial charge is 0.447 e. The maximum atomic E-state index is 8.51. The number of amidine groups is 1. The molecule has 1 aliphatic rings. The molecule has 0 fully saturated rings. The number of nitrogens with one attached hydrogen (secondary N) is 1. The van der Waals surface area contributed by atoms with Crippen molar-refractivity contribution in [1.29, 1.82) is 5.26 Å². The lowest BCUT2D eigenvalue weighted by Gasteiger charge is -2.35. The van der Waals surface area contributed by atoms with Crippen molar-refractivity contribution in [3.63, 3.8) is 0 Å². The van der Waals surface area contributed by atoms with Crippen molar-refractivity contribution in [2.75, 3.05) is 0 Å². The standard InChI is InChI=1S/C16H12ClN3O2/c1-16(11-5-3-2-4-6-11)13-9-12(17)7-8-14(13)19-15(22-16)20-21-10-18/h2-9H,1H3,(H,19,20). The Balaban J connectivity index is 2.13. The molecule has 0 aromatic heterocycles. The lowest BCUT2D eigenvalue weighted by molar-refractivity contribution is 0.0746. The Bertz CT molecular complexity index is 771. The number of benzene rings is 2. The second-order valence-corrected chi connectivity index (χ2v) is 5.31. The molecule has 0 saturated heterocycles. The van der Waals surface area contributed by atoms with E-state index in [1.54, 1.807) is 12.1 Å². The highest BCUT2D eigenvalue weighted by Gasteiger charge is 2.38. The maximum absolute atomic E-state index is 8.51. The molecular formula is C16H12ClN3O2. The number of aliphatic imine (C=N–C) groups is 1. The molecule has 0 amide bonds. The van der Waals surface area contributed by atoms with Gasteiger partial charge in [-0.2, -0.15) is 10.5 Å². The van der Waals surface area contributed by atoms with Gasteiger partial charge in [0.25, 0.3) is 0 Å². The van der Waals surface area contributed by atoms with Crippen LogP contribution in [0.5, 0.6) is 0 Å². The molecule has 3 rings (SSSR count). The summed E-state index contributed by atoms with van der Waals surface area (Å²) in [7, 11) is 0. The van der Waals surface area contributed by atoms with Gasteiger partial charge in [-0.05, 0) is 30.7 Å². The van der Waals surface area contributed by atoms with Crippen molar-refractivity contribution in [1.82, 2.24) is 5.48 Å². The first-order valence-electron chi connectivity index (χ1n) is 6.58. The molecule has 0 spiro atoms. The van der Waals surface area contributed by atoms with Crippen LogP contribution in [0.1, 0.15) is 18.1 Å². The Morgan fingerprint density at radius 3 is 2.77 bits per heavy atom. The molecule has 2 aromatic carbocycles. The minimum atomic E-state index is -0.801. The third-order valence-electron chi connectivity index (χ3n) is 3.50. The van der Waals surface area contributed by atoms with E-state index >= 15 is 0 Å². The zero-order valence-corrected chi connectivity index (χ0v) is 12.5. The third kappa shape index (κ3) is 2.45. The number of nitrogens with zero attached hydrogens (tertiary/aromatic N) is 2. The maximum Gasteiger partial charge on any atom is 0.326 e. The molecule has 0 saturated carbocycles. The summed E-state index contributed by atoms with van der Waals surface area (Å²) in [6, 6.07) is 15.2. The van der Waals surface area contributed by atoms with Crippen LogP contribution in [0, 0.1) is 11.5 Å². The predicted molar refractivity (Wildman–Crippen MR) is 82.4 cm³/mol. The van der Waals surface area contributed by atoms with Crippen molar-refractivity contribution < 1.29 is 9.57 Å². The van der Waals surface area contributed by atoms with Crippen molar-refractivity contribution in [2.45, 2.75) is 12.5 Å². The van der Waals surface area contributed by atoms with E-state index in [9.17, 15) is 0 Å². The van der Waals surface area contributed by atoms with Gasteiger partial charge in [-0.1, -0.05) is 41.9 Å². The van der Waals surface area contributed by atoms with Crippen LogP contribution in [0.4, 0.5) is 5.69 Å². The molecular weight excluding hydrogens is 302 g/mol. The lowest BCUT2D eigenvalue weighted by Crippen LogP contribution is -2.39. The van der Waals surface area contributed by atoms with E-state index in [2.05, 4.69) is 15.3 Å². The van der Waals surface area contributed by atoms with Gasteiger partial charge in [0.15, 0.2) is 5.60 Å². The highest BCUT2D eigenvalue weighted by atomic mass is 35.5. The van der Waals surface area contributed by atoms with Gasteiger partial charge in [-0.3, -0.25) is 4.84 Å². The van der Waals surface area contributed by atoms with E-state index in [0.717, 1.165) is 11.1 Å². The van der Waals surface area contributed by atoms with Crippen LogP contribution >= 0.6 is 11.6 Å². The van der Waals surface area contributed by atoms with Crippen LogP contribution < -0.4 is 5.48 Å². The molecule has 110 valence electrons. The fraction of sp³-hybridized carbons (Fsp3) is 0.125. The van der Waals surface area contributed by atoms with Crippen molar-refractivity contribution in [3.8, 4) is 6.26 Å². The molecule has 22 heavy (non-hydrogen) atoms. The van der Waals surface area contributed by atoms with Crippen molar-refractivity contribution in [3.05, 3.63) is 64.7 Å². The van der Waals surface area contributed by atoms with Gasteiger partial charge in [-0.15, -0.1) is 5.26 Å². The number of ether oxygens (including phenoxy) is 1. The summed E-state index contributed by atoms with van der Waals surface area (Å²) in [5, 5.41) is 9.11. The van der Waals surface area contributed by atoms with Gasteiger partial charge in [0.1, 0.15) is 0 Å². The first-order chi connectivity index (χ1) is 10.6. The number of rotatable bonds is 2. The van der Waals surface area contributed by atoms with E-state index in [0.29, 0.717) is 10.7 Å². The summed E-state index contributed by atoms with van der Waals surface area (Å²) < 4.78 is 5.95. The predicted octanol–water partition coefficient (Wildman–Crippen LogP) is 3.62. The summed E-state index contributed by atoms with van der Waals surface area (Å²) >= 11 is 6.12. The fourth-order valence-corrected chi connectivity index (χ4v) is 2.62. The molecule has 0 bridgehead atoms. The van der Waals surface area contributed by atoms with Gasteiger partial charge >= 0.3 is 12.3 Å². The van der Waals surface area contributed by atoms with Gasteiger partial charge in [0.2, 0.25) is 0 Å². The van der Waals surface area contributed by atoms with Crippen LogP contribution in [0.15, 0.2) is 53.5 Å². The first kappa shape index (κ1) is 14.2. The normalized spacial score (nSPS) is 19.2. The number of hydrogen-bond donors (Lipinski definition) is 1. The molecule has 1 N–H and O–H groups in total. The van der Waals surface area contributed by atoms with Gasteiger partial charge in [0, 0.05) is 10.6 Å². The minimum Gasteiger partial charge on any atom is -0.447 e. The van der Waals surface area contributed by atoms with E-state index < -0.39 is 5.60 Å². The molecule has 1 atom stereocenters. The number of nitriles is 1. The van der Waals surface area contributed by atoms with Crippen molar-refractivity contribution >= 4 is 23.3 Å². The topological polar surface area (TPSA) is 66.6 Å². The average Bonchev–Trinajstić information content (AvgIpc) is 2.54. The Labute approximate surface area is 132 Å². The van der Waals surface area contributed by atoms with Crippen LogP contribution in [-0.4, -0.2) is 6.02 Å². The number of fused-ring (bicyclic) bond motifs is 1. The van der Waals surface area contributed by atoms with E-state index in [4.69, 9.17) is 21.6 Å². The molecule has 6 heteroatoms. The lowest BCUT2D eigenvalue weighted by atomic mass is 9.86. The molecule has 1 aliphatic heterocycles. The van der Waals surface area contributed by atoms with Gasteiger partial charge in [0.05, 0.1) is 5.69 Å². The summed E-state index contributed by atoms with van der Waals surface area (Å²) in [4.78, 5) is 8.81. The van der Waals surface area contributed by atoms with Crippen LogP contribution in [0.2, 0.25) is 5.02 Å². The Morgan fingerprint density at radius 2 is 2.05 bits per heavy atom. The number of hydrogen-bond acceptors (Lipinski definition) is 5. The third-order valence-corrected chi connectivity index (χ3v) is 3.74. The van der Waals surface area contributed by atoms with Crippen LogP contribution in [-0.2, 0) is 15.2 Å². The van der Waals surface area contributed by atoms with E-state index in [1.165, 1.54) is 6.26 Å². The summed E-state index contributed by atoms with van der Waals surface area (Å²) in [6.07, 6.45) is 1.52. The second kappa shape index (κ2) is 5.58. The highest BCUT2D eigenvalue weighted by molar-refractivity contribution is 6.30. The molecule has 0 aliphatic carbocycles. The van der Waals surface area contributed by atoms with Crippen LogP contribution in [0.3, 0.4) is 0 Å². The summed E-state index contributed by atoms with van der Waals surface area (Å²) in [5.41, 5.74) is 4.06. The highest BCUT2D eigenvalue weighted by Crippen LogP contribution is 2.42. The number of halogens is 1. The molecule has 1 unspecified atom stereocenters. The molecule has 1 heterocycles. The van der Waals surface area contributed by atoms with E-state index in [-0.39, 0.29) is 6.02 Å². The summed E-state index contributed by atoms with van der Waals surface area (Å²) in [5.74, 6) is 0. The monoisotopic (exact) mass is 313 g/mol. The molecule has 0 radical (unpaired) electrons. The zero-order valence-electron chi connectivity index (χ0n) is 11.7. The zero-order chi connectivity index (χ0) is 15.6. The molecule has 2 aromatic rings. The summed E-state index contributed by atoms with van der Waals surface area (Å²) in [6.45, 7) is 1.92. The Kier molecular flexibility index (Phi) is 3.61. The smallest absolute Gasteiger partial charge is 0.326 e. The second-order valence-electron chi connectivity index (χ2n) is 4.88. The Morgan fingerprint density at radius 1 is 1.27 bits per heavy atom.